The van der Waals surface area contributed by atoms with Gasteiger partial charge in [0.05, 0.1) is 24.9 Å². The van der Waals surface area contributed by atoms with Gasteiger partial charge < -0.3 is 36.1 Å². The fourth-order valence-electron chi connectivity index (χ4n) is 4.59. The summed E-state index contributed by atoms with van der Waals surface area (Å²) < 4.78 is 10.2. The van der Waals surface area contributed by atoms with E-state index in [1.807, 2.05) is 13.8 Å². The maximum Gasteiger partial charge on any atom is 0.319 e. The van der Waals surface area contributed by atoms with E-state index in [4.69, 9.17) is 26.1 Å². The molecule has 13 heteroatoms. The number of benzene rings is 1. The Kier molecular flexibility index (Phi) is 24.5. The van der Waals surface area contributed by atoms with Crippen LogP contribution in [0.4, 0.5) is 5.95 Å². The summed E-state index contributed by atoms with van der Waals surface area (Å²) in [6, 6.07) is 6.49. The molecule has 1 aromatic carbocycles. The number of ether oxygens (including phenoxy) is 2. The molecule has 5 N–H and O–H groups in total. The summed E-state index contributed by atoms with van der Waals surface area (Å²) in [5, 5.41) is 16.1. The second-order valence-electron chi connectivity index (χ2n) is 11.5. The second kappa shape index (κ2) is 27.8. The van der Waals surface area contributed by atoms with E-state index in [1.165, 1.54) is 32.0 Å². The van der Waals surface area contributed by atoms with Crippen molar-refractivity contribution in [3.05, 3.63) is 70.7 Å². The summed E-state index contributed by atoms with van der Waals surface area (Å²) in [6.45, 7) is 14.4. The molecule has 0 aliphatic rings. The minimum absolute atomic E-state index is 0.0418. The monoisotopic (exact) mass is 715 g/mol. The number of halogens is 1. The summed E-state index contributed by atoms with van der Waals surface area (Å²) in [6.07, 6.45) is 12.3. The van der Waals surface area contributed by atoms with Crippen molar-refractivity contribution in [2.45, 2.75) is 85.2 Å². The fraction of sp³-hybridized carbons (Fsp3) is 0.541. The molecule has 2 atom stereocenters. The molecule has 1 aromatic heterocycles. The van der Waals surface area contributed by atoms with Crippen molar-refractivity contribution in [1.82, 2.24) is 31.2 Å². The number of nitrogens with zero attached hydrogens (tertiary/aromatic N) is 2. The van der Waals surface area contributed by atoms with Crippen molar-refractivity contribution >= 4 is 41.5 Å². The van der Waals surface area contributed by atoms with Gasteiger partial charge in [-0.15, -0.1) is 0 Å². The Labute approximate surface area is 303 Å². The predicted molar refractivity (Wildman–Crippen MR) is 202 cm³/mol. The van der Waals surface area contributed by atoms with E-state index in [9.17, 15) is 14.4 Å². The Morgan fingerprint density at radius 2 is 1.74 bits per heavy atom. The largest absolute Gasteiger partial charge is 0.465 e. The molecule has 1 unspecified atom stereocenters. The van der Waals surface area contributed by atoms with Crippen LogP contribution in [0.2, 0.25) is 5.02 Å². The quantitative estimate of drug-likeness (QED) is 0.0308. The van der Waals surface area contributed by atoms with Crippen molar-refractivity contribution in [1.29, 1.82) is 0 Å². The summed E-state index contributed by atoms with van der Waals surface area (Å²) in [7, 11) is 1.76. The second-order valence-corrected chi connectivity index (χ2v) is 12.0. The zero-order valence-corrected chi connectivity index (χ0v) is 31.4. The highest BCUT2D eigenvalue weighted by Gasteiger charge is 2.16. The lowest BCUT2D eigenvalue weighted by molar-refractivity contribution is -0.142. The SMILES string of the molecule is CCCNCC(=O)OCCCC(CC)Nc1ncc(C)c(C(/C=C/C(=O)N[C@H](COC=O)c2cccc(Cl)c2)=C/NC)n1.CCCNCCC. The maximum atomic E-state index is 12.9. The molecular formula is C37H58ClN7O5. The Morgan fingerprint density at radius 1 is 1.02 bits per heavy atom. The number of hydrogen-bond acceptors (Lipinski definition) is 11. The maximum absolute atomic E-state index is 12.9. The third kappa shape index (κ3) is 19.3. The molecule has 50 heavy (non-hydrogen) atoms. The summed E-state index contributed by atoms with van der Waals surface area (Å²) in [5.74, 6) is -0.180. The Hall–Kier alpha value is -4.00. The summed E-state index contributed by atoms with van der Waals surface area (Å²) in [5.41, 5.74) is 2.85. The average molecular weight is 716 g/mol. The van der Waals surface area contributed by atoms with E-state index in [2.05, 4.69) is 52.3 Å². The molecule has 1 amide bonds. The van der Waals surface area contributed by atoms with Crippen LogP contribution in [0.3, 0.4) is 0 Å². The Balaban J connectivity index is 0.00000161. The van der Waals surface area contributed by atoms with Crippen LogP contribution in [-0.2, 0) is 23.9 Å². The van der Waals surface area contributed by atoms with Gasteiger partial charge in [-0.05, 0) is 94.4 Å². The Morgan fingerprint density at radius 3 is 2.38 bits per heavy atom. The number of esters is 1. The van der Waals surface area contributed by atoms with Crippen molar-refractivity contribution in [2.24, 2.45) is 0 Å². The number of aryl methyl sites for hydroxylation is 1. The van der Waals surface area contributed by atoms with Gasteiger partial charge in [0.15, 0.2) is 0 Å². The Bertz CT molecular complexity index is 1320. The number of allylic oxidation sites excluding steroid dienone is 2. The van der Waals surface area contributed by atoms with Crippen LogP contribution in [0, 0.1) is 6.92 Å². The molecule has 0 saturated carbocycles. The third-order valence-electron chi connectivity index (χ3n) is 7.19. The van der Waals surface area contributed by atoms with Crippen molar-refractivity contribution < 1.29 is 23.9 Å². The van der Waals surface area contributed by atoms with Crippen LogP contribution in [-0.4, -0.2) is 80.8 Å². The van der Waals surface area contributed by atoms with E-state index >= 15 is 0 Å². The zero-order valence-electron chi connectivity index (χ0n) is 30.6. The minimum atomic E-state index is -0.582. The molecule has 12 nitrogen and oxygen atoms in total. The van der Waals surface area contributed by atoms with Crippen molar-refractivity contribution in [2.75, 3.05) is 51.8 Å². The number of carbonyl (C=O) groups excluding carboxylic acids is 3. The van der Waals surface area contributed by atoms with Crippen molar-refractivity contribution in [3.63, 3.8) is 0 Å². The lowest BCUT2D eigenvalue weighted by atomic mass is 10.1. The highest BCUT2D eigenvalue weighted by molar-refractivity contribution is 6.30. The van der Waals surface area contributed by atoms with E-state index in [0.29, 0.717) is 47.3 Å². The predicted octanol–water partition coefficient (Wildman–Crippen LogP) is 5.49. The van der Waals surface area contributed by atoms with Gasteiger partial charge in [-0.25, -0.2) is 9.97 Å². The molecule has 0 saturated heterocycles. The molecule has 278 valence electrons. The minimum Gasteiger partial charge on any atom is -0.465 e. The number of carbonyl (C=O) groups is 3. The van der Waals surface area contributed by atoms with Gasteiger partial charge >= 0.3 is 5.97 Å². The number of nitrogens with one attached hydrogen (secondary N) is 5. The average Bonchev–Trinajstić information content (AvgIpc) is 3.11. The highest BCUT2D eigenvalue weighted by Crippen LogP contribution is 2.21. The van der Waals surface area contributed by atoms with E-state index in [-0.39, 0.29) is 31.1 Å². The molecule has 0 fully saturated rings. The fourth-order valence-corrected chi connectivity index (χ4v) is 4.79. The summed E-state index contributed by atoms with van der Waals surface area (Å²) in [4.78, 5) is 44.6. The first-order valence-corrected chi connectivity index (χ1v) is 17.9. The molecule has 0 spiro atoms. The van der Waals surface area contributed by atoms with Crippen LogP contribution in [0.1, 0.15) is 89.1 Å². The molecule has 1 heterocycles. The van der Waals surface area contributed by atoms with E-state index in [0.717, 1.165) is 31.4 Å². The van der Waals surface area contributed by atoms with Crippen LogP contribution in [0.5, 0.6) is 0 Å². The molecular weight excluding hydrogens is 658 g/mol. The van der Waals surface area contributed by atoms with Crippen molar-refractivity contribution in [3.8, 4) is 0 Å². The first-order chi connectivity index (χ1) is 24.2. The van der Waals surface area contributed by atoms with Gasteiger partial charge in [-0.1, -0.05) is 51.4 Å². The van der Waals surface area contributed by atoms with E-state index < -0.39 is 6.04 Å². The van der Waals surface area contributed by atoms with Crippen LogP contribution < -0.4 is 26.6 Å². The molecule has 0 aliphatic heterocycles. The van der Waals surface area contributed by atoms with E-state index in [1.54, 1.807) is 49.8 Å². The van der Waals surface area contributed by atoms with Gasteiger partial charge in [0, 0.05) is 42.2 Å². The number of rotatable bonds is 24. The van der Waals surface area contributed by atoms with Gasteiger partial charge in [0.2, 0.25) is 11.9 Å². The van der Waals surface area contributed by atoms with Gasteiger partial charge in [-0.2, -0.15) is 0 Å². The molecule has 2 aromatic rings. The standard InChI is InChI=1S/C31H43ClN6O5.C6H15N/c1-5-14-34-19-29(41)43-15-8-11-26(6-2)36-31-35-17-22(3)30(38-31)24(18-33-4)12-13-28(40)37-27(20-42-21-39)23-9-7-10-25(32)16-23;1-3-5-7-6-4-2/h7,9-10,12-13,16-18,21,26-27,33-34H,5-6,8,11,14-15,19-20H2,1-4H3,(H,37,40)(H,35,36,38);7H,3-6H2,1-2H3/b13-12+,24-18+;/t26?,27-;/m1./s1. The van der Waals surface area contributed by atoms with Crippen LogP contribution in [0.25, 0.3) is 5.57 Å². The lowest BCUT2D eigenvalue weighted by Crippen LogP contribution is -2.30. The smallest absolute Gasteiger partial charge is 0.319 e. The number of anilines is 1. The number of aromatic nitrogens is 2. The summed E-state index contributed by atoms with van der Waals surface area (Å²) >= 11 is 6.11. The molecule has 2 rings (SSSR count). The number of hydrogen-bond donors (Lipinski definition) is 5. The zero-order chi connectivity index (χ0) is 37.0. The molecule has 0 radical (unpaired) electrons. The lowest BCUT2D eigenvalue weighted by Gasteiger charge is -2.18. The first-order valence-electron chi connectivity index (χ1n) is 17.6. The van der Waals surface area contributed by atoms with Gasteiger partial charge in [-0.3, -0.25) is 14.4 Å². The van der Waals surface area contributed by atoms with Gasteiger partial charge in [0.25, 0.3) is 6.47 Å². The topological polar surface area (TPSA) is 156 Å². The first kappa shape index (κ1) is 44.0. The molecule has 0 aliphatic carbocycles. The van der Waals surface area contributed by atoms with Crippen LogP contribution in [0.15, 0.2) is 48.8 Å². The number of amides is 1. The van der Waals surface area contributed by atoms with Gasteiger partial charge in [0.1, 0.15) is 6.61 Å². The normalized spacial score (nSPS) is 12.3. The third-order valence-corrected chi connectivity index (χ3v) is 7.43. The molecule has 0 bridgehead atoms. The van der Waals surface area contributed by atoms with Crippen LogP contribution >= 0.6 is 11.6 Å². The highest BCUT2D eigenvalue weighted by atomic mass is 35.5.